The highest BCUT2D eigenvalue weighted by atomic mass is 16.5. The van der Waals surface area contributed by atoms with Crippen molar-refractivity contribution in [2.45, 2.75) is 83.5 Å². The van der Waals surface area contributed by atoms with Gasteiger partial charge in [0.1, 0.15) is 30.8 Å². The molecule has 0 amide bonds. The first kappa shape index (κ1) is 30.1. The number of aliphatic carboxylic acids is 1. The Balaban J connectivity index is 1.25. The minimum Gasteiger partial charge on any atom is -0.490 e. The number of carboxylic acid groups (broad SMARTS) is 1. The molecule has 3 aliphatic rings. The van der Waals surface area contributed by atoms with Crippen molar-refractivity contribution >= 4 is 11.9 Å². The first-order chi connectivity index (χ1) is 20.3. The van der Waals surface area contributed by atoms with Crippen molar-refractivity contribution in [2.75, 3.05) is 6.61 Å². The van der Waals surface area contributed by atoms with Crippen LogP contribution in [0.2, 0.25) is 0 Å². The van der Waals surface area contributed by atoms with Gasteiger partial charge >= 0.3 is 11.9 Å². The fraction of sp³-hybridized carbons (Fsp3) is 0.543. The molecule has 42 heavy (non-hydrogen) atoms. The van der Waals surface area contributed by atoms with Crippen molar-refractivity contribution in [1.29, 1.82) is 0 Å². The summed E-state index contributed by atoms with van der Waals surface area (Å²) in [5.74, 6) is -0.326. The smallest absolute Gasteiger partial charge is 0.310 e. The van der Waals surface area contributed by atoms with Gasteiger partial charge < -0.3 is 24.4 Å². The molecule has 0 spiro atoms. The highest BCUT2D eigenvalue weighted by molar-refractivity contribution is 5.81. The molecular formula is C35H44O7. The molecule has 5 rings (SSSR count). The number of aliphatic hydroxyl groups is 1. The topological polar surface area (TPSA) is 102 Å². The van der Waals surface area contributed by atoms with Gasteiger partial charge in [-0.15, -0.1) is 0 Å². The summed E-state index contributed by atoms with van der Waals surface area (Å²) in [5.41, 5.74) is 3.51. The van der Waals surface area contributed by atoms with E-state index in [4.69, 9.17) is 14.2 Å². The quantitative estimate of drug-likeness (QED) is 0.232. The Bertz CT molecular complexity index is 1240. The van der Waals surface area contributed by atoms with E-state index in [1.165, 1.54) is 11.1 Å². The van der Waals surface area contributed by atoms with Crippen LogP contribution in [0.4, 0.5) is 0 Å². The number of hydrogen-bond acceptors (Lipinski definition) is 6. The third-order valence-corrected chi connectivity index (χ3v) is 9.57. The molecule has 2 fully saturated rings. The van der Waals surface area contributed by atoms with Gasteiger partial charge in [0, 0.05) is 0 Å². The van der Waals surface area contributed by atoms with Crippen LogP contribution in [0.15, 0.2) is 60.9 Å². The Morgan fingerprint density at radius 2 is 1.79 bits per heavy atom. The molecule has 0 heterocycles. The second-order valence-electron chi connectivity index (χ2n) is 12.5. The van der Waals surface area contributed by atoms with E-state index in [9.17, 15) is 19.8 Å². The van der Waals surface area contributed by atoms with Crippen molar-refractivity contribution in [3.8, 4) is 5.75 Å². The fourth-order valence-electron chi connectivity index (χ4n) is 7.39. The van der Waals surface area contributed by atoms with Crippen LogP contribution in [0, 0.1) is 29.6 Å². The molecule has 7 heteroatoms. The van der Waals surface area contributed by atoms with Crippen molar-refractivity contribution in [3.05, 3.63) is 77.6 Å². The van der Waals surface area contributed by atoms with Crippen LogP contribution in [0.25, 0.3) is 0 Å². The van der Waals surface area contributed by atoms with E-state index in [-0.39, 0.29) is 24.6 Å². The third-order valence-electron chi connectivity index (χ3n) is 9.57. The van der Waals surface area contributed by atoms with Gasteiger partial charge in [-0.1, -0.05) is 61.9 Å². The molecule has 0 bridgehead atoms. The largest absolute Gasteiger partial charge is 0.490 e. The average molecular weight is 577 g/mol. The van der Waals surface area contributed by atoms with Crippen LogP contribution >= 0.6 is 0 Å². The lowest BCUT2D eigenvalue weighted by Gasteiger charge is -2.33. The van der Waals surface area contributed by atoms with Crippen molar-refractivity contribution in [3.63, 3.8) is 0 Å². The van der Waals surface area contributed by atoms with E-state index in [1.54, 1.807) is 6.92 Å². The SMILES string of the molecule is C=C(COc1cccc2c1CC1C[C@@H](OC(=O)C3CCCCC3C(=O)O)C(CCC(C)O)C1C2)OCc1ccccc1. The van der Waals surface area contributed by atoms with Gasteiger partial charge in [-0.2, -0.15) is 0 Å². The average Bonchev–Trinajstić information content (AvgIpc) is 3.32. The van der Waals surface area contributed by atoms with Crippen LogP contribution in [0.1, 0.15) is 68.6 Å². The lowest BCUT2D eigenvalue weighted by molar-refractivity contribution is -0.165. The van der Waals surface area contributed by atoms with Crippen molar-refractivity contribution in [2.24, 2.45) is 29.6 Å². The Hall–Kier alpha value is -3.32. The molecule has 0 radical (unpaired) electrons. The van der Waals surface area contributed by atoms with Crippen LogP contribution in [-0.4, -0.2) is 41.0 Å². The number of fused-ring (bicyclic) bond motifs is 2. The van der Waals surface area contributed by atoms with Crippen LogP contribution in [0.5, 0.6) is 5.75 Å². The first-order valence-corrected chi connectivity index (χ1v) is 15.5. The molecule has 0 aromatic heterocycles. The van der Waals surface area contributed by atoms with Gasteiger partial charge in [-0.25, -0.2) is 0 Å². The molecule has 2 aromatic carbocycles. The predicted molar refractivity (Wildman–Crippen MR) is 159 cm³/mol. The fourth-order valence-corrected chi connectivity index (χ4v) is 7.39. The monoisotopic (exact) mass is 576 g/mol. The minimum absolute atomic E-state index is 0.129. The molecule has 3 aliphatic carbocycles. The lowest BCUT2D eigenvalue weighted by Crippen LogP contribution is -2.37. The van der Waals surface area contributed by atoms with E-state index < -0.39 is 23.9 Å². The Morgan fingerprint density at radius 1 is 1.02 bits per heavy atom. The van der Waals surface area contributed by atoms with Gasteiger partial charge in [0.25, 0.3) is 0 Å². The summed E-state index contributed by atoms with van der Waals surface area (Å²) in [6, 6.07) is 16.1. The van der Waals surface area contributed by atoms with Gasteiger partial charge in [0.2, 0.25) is 0 Å². The Labute approximate surface area is 248 Å². The summed E-state index contributed by atoms with van der Waals surface area (Å²) < 4.78 is 18.2. The van der Waals surface area contributed by atoms with E-state index in [1.807, 2.05) is 42.5 Å². The summed E-state index contributed by atoms with van der Waals surface area (Å²) in [6.07, 6.45) is 5.93. The first-order valence-electron chi connectivity index (χ1n) is 15.5. The Morgan fingerprint density at radius 3 is 2.52 bits per heavy atom. The van der Waals surface area contributed by atoms with Gasteiger partial charge in [0.05, 0.1) is 17.9 Å². The molecule has 2 N–H and O–H groups in total. The number of carboxylic acids is 1. The second kappa shape index (κ2) is 13.8. The highest BCUT2D eigenvalue weighted by Gasteiger charge is 2.48. The standard InChI is InChI=1S/C35H44O7/c1-22(36)15-16-27-30-17-25-11-8-14-32(41-20-23(2)40-21-24-9-4-3-5-10-24)31(25)18-26(30)19-33(27)42-35(39)29-13-7-6-12-28(29)34(37)38/h3-5,8-11,14,22,26-30,33,36H,2,6-7,12-13,15-21H2,1H3,(H,37,38)/t22?,26?,27?,28?,29?,30?,33-/m1/s1. The van der Waals surface area contributed by atoms with Crippen molar-refractivity contribution in [1.82, 2.24) is 0 Å². The summed E-state index contributed by atoms with van der Waals surface area (Å²) in [7, 11) is 0. The van der Waals surface area contributed by atoms with Gasteiger partial charge in [-0.05, 0) is 92.4 Å². The maximum atomic E-state index is 13.3. The van der Waals surface area contributed by atoms with Crippen LogP contribution < -0.4 is 4.74 Å². The molecule has 7 nitrogen and oxygen atoms in total. The number of carbonyl (C=O) groups excluding carboxylic acids is 1. The van der Waals surface area contributed by atoms with E-state index in [2.05, 4.69) is 12.6 Å². The molecule has 0 aliphatic heterocycles. The molecule has 6 unspecified atom stereocenters. The number of rotatable bonds is 12. The lowest BCUT2D eigenvalue weighted by atomic mass is 9.73. The summed E-state index contributed by atoms with van der Waals surface area (Å²) >= 11 is 0. The molecule has 2 aromatic rings. The number of aliphatic hydroxyl groups excluding tert-OH is 1. The van der Waals surface area contributed by atoms with E-state index >= 15 is 0 Å². The van der Waals surface area contributed by atoms with Gasteiger partial charge in [-0.3, -0.25) is 9.59 Å². The zero-order valence-electron chi connectivity index (χ0n) is 24.6. The predicted octanol–water partition coefficient (Wildman–Crippen LogP) is 6.11. The number of esters is 1. The van der Waals surface area contributed by atoms with Crippen LogP contribution in [-0.2, 0) is 38.5 Å². The number of benzene rings is 2. The number of hydrogen-bond donors (Lipinski definition) is 2. The zero-order chi connectivity index (χ0) is 29.6. The normalized spacial score (nSPS) is 27.3. The molecular weight excluding hydrogens is 532 g/mol. The highest BCUT2D eigenvalue weighted by Crippen LogP contribution is 2.50. The maximum absolute atomic E-state index is 13.3. The summed E-state index contributed by atoms with van der Waals surface area (Å²) in [5, 5.41) is 19.8. The molecule has 0 saturated heterocycles. The van der Waals surface area contributed by atoms with E-state index in [0.717, 1.165) is 49.8 Å². The summed E-state index contributed by atoms with van der Waals surface area (Å²) in [6.45, 7) is 6.54. The number of ether oxygens (including phenoxy) is 3. The Kier molecular flexibility index (Phi) is 9.88. The minimum atomic E-state index is -0.904. The molecule has 7 atom stereocenters. The second-order valence-corrected chi connectivity index (χ2v) is 12.5. The zero-order valence-corrected chi connectivity index (χ0v) is 24.6. The van der Waals surface area contributed by atoms with E-state index in [0.29, 0.717) is 43.5 Å². The third kappa shape index (κ3) is 7.17. The maximum Gasteiger partial charge on any atom is 0.310 e. The van der Waals surface area contributed by atoms with Crippen LogP contribution in [0.3, 0.4) is 0 Å². The van der Waals surface area contributed by atoms with Gasteiger partial charge in [0.15, 0.2) is 0 Å². The molecule has 226 valence electrons. The molecule has 2 saturated carbocycles. The summed E-state index contributed by atoms with van der Waals surface area (Å²) in [4.78, 5) is 25.2. The number of carbonyl (C=O) groups is 2. The van der Waals surface area contributed by atoms with Crippen molar-refractivity contribution < 1.29 is 34.0 Å².